The van der Waals surface area contributed by atoms with Crippen LogP contribution in [0.15, 0.2) is 22.4 Å². The summed E-state index contributed by atoms with van der Waals surface area (Å²) in [7, 11) is 0. The molecule has 0 aliphatic carbocycles. The molecule has 0 radical (unpaired) electrons. The molecule has 3 aromatic heterocycles. The second kappa shape index (κ2) is 5.04. The Bertz CT molecular complexity index is 742. The van der Waals surface area contributed by atoms with Crippen molar-refractivity contribution in [3.05, 3.63) is 23.7 Å². The van der Waals surface area contributed by atoms with Crippen molar-refractivity contribution < 1.29 is 9.32 Å². The van der Waals surface area contributed by atoms with Gasteiger partial charge in [0.1, 0.15) is 16.9 Å². The van der Waals surface area contributed by atoms with Gasteiger partial charge in [-0.1, -0.05) is 5.16 Å². The van der Waals surface area contributed by atoms with Crippen LogP contribution < -0.4 is 5.32 Å². The highest BCUT2D eigenvalue weighted by Gasteiger charge is 2.16. The highest BCUT2D eigenvalue weighted by atomic mass is 32.1. The van der Waals surface area contributed by atoms with E-state index >= 15 is 0 Å². The molecule has 0 aliphatic heterocycles. The van der Waals surface area contributed by atoms with Gasteiger partial charge in [0, 0.05) is 11.4 Å². The molecular formula is C12H13N5O2S. The minimum atomic E-state index is -0.120. The maximum atomic E-state index is 11.6. The summed E-state index contributed by atoms with van der Waals surface area (Å²) in [5, 5.41) is 8.54. The number of hydrogen-bond acceptors (Lipinski definition) is 6. The summed E-state index contributed by atoms with van der Waals surface area (Å²) in [6, 6.07) is 0.0938. The van der Waals surface area contributed by atoms with Crippen LogP contribution in [0, 0.1) is 0 Å². The first-order chi connectivity index (χ1) is 9.63. The molecule has 1 N–H and O–H groups in total. The molecule has 7 nitrogen and oxygen atoms in total. The quantitative estimate of drug-likeness (QED) is 0.787. The average Bonchev–Trinajstić information content (AvgIpc) is 3.01. The maximum Gasteiger partial charge on any atom is 0.275 e. The van der Waals surface area contributed by atoms with Crippen LogP contribution in [0.3, 0.4) is 0 Å². The molecule has 3 aromatic rings. The van der Waals surface area contributed by atoms with Gasteiger partial charge in [-0.2, -0.15) is 4.98 Å². The number of nitrogens with zero attached hydrogens (tertiary/aromatic N) is 4. The van der Waals surface area contributed by atoms with Gasteiger partial charge in [0.25, 0.3) is 5.89 Å². The molecule has 3 heterocycles. The second-order valence-corrected chi connectivity index (χ2v) is 5.53. The number of imidazole rings is 1. The van der Waals surface area contributed by atoms with E-state index in [0.717, 1.165) is 10.5 Å². The van der Waals surface area contributed by atoms with Crippen molar-refractivity contribution in [1.82, 2.24) is 24.8 Å². The fourth-order valence-electron chi connectivity index (χ4n) is 1.82. The molecular weight excluding hydrogens is 278 g/mol. The summed E-state index contributed by atoms with van der Waals surface area (Å²) < 4.78 is 7.08. The van der Waals surface area contributed by atoms with E-state index in [2.05, 4.69) is 20.4 Å². The molecule has 0 aromatic carbocycles. The Morgan fingerprint density at radius 3 is 3.20 bits per heavy atom. The lowest BCUT2D eigenvalue weighted by atomic mass is 10.3. The Balaban J connectivity index is 1.80. The SMILES string of the molecule is CC(C)NC(=O)Cc1noc(-c2csc3cncn23)n1. The van der Waals surface area contributed by atoms with E-state index < -0.39 is 0 Å². The van der Waals surface area contributed by atoms with E-state index in [0.29, 0.717) is 11.7 Å². The molecule has 3 rings (SSSR count). The summed E-state index contributed by atoms with van der Waals surface area (Å²) in [6.07, 6.45) is 3.57. The minimum Gasteiger partial charge on any atom is -0.354 e. The Morgan fingerprint density at radius 2 is 2.40 bits per heavy atom. The minimum absolute atomic E-state index is 0.0938. The third kappa shape index (κ3) is 2.42. The van der Waals surface area contributed by atoms with Gasteiger partial charge in [0.2, 0.25) is 5.91 Å². The van der Waals surface area contributed by atoms with E-state index in [-0.39, 0.29) is 18.4 Å². The van der Waals surface area contributed by atoms with Crippen molar-refractivity contribution in [2.45, 2.75) is 26.3 Å². The third-order valence-electron chi connectivity index (χ3n) is 2.61. The Kier molecular flexibility index (Phi) is 3.23. The molecule has 0 atom stereocenters. The Hall–Kier alpha value is -2.22. The van der Waals surface area contributed by atoms with Crippen molar-refractivity contribution in [2.75, 3.05) is 0 Å². The number of hydrogen-bond donors (Lipinski definition) is 1. The maximum absolute atomic E-state index is 11.6. The van der Waals surface area contributed by atoms with Gasteiger partial charge in [-0.15, -0.1) is 11.3 Å². The number of nitrogens with one attached hydrogen (secondary N) is 1. The van der Waals surface area contributed by atoms with Crippen LogP contribution in [0.25, 0.3) is 16.4 Å². The van der Waals surface area contributed by atoms with E-state index in [9.17, 15) is 4.79 Å². The zero-order chi connectivity index (χ0) is 14.1. The molecule has 0 saturated heterocycles. The molecule has 20 heavy (non-hydrogen) atoms. The zero-order valence-electron chi connectivity index (χ0n) is 11.0. The first-order valence-corrected chi connectivity index (χ1v) is 7.03. The predicted molar refractivity (Wildman–Crippen MR) is 73.3 cm³/mol. The van der Waals surface area contributed by atoms with Crippen molar-refractivity contribution in [3.63, 3.8) is 0 Å². The van der Waals surface area contributed by atoms with Crippen LogP contribution in [0.1, 0.15) is 19.7 Å². The fraction of sp³-hybridized carbons (Fsp3) is 0.333. The summed E-state index contributed by atoms with van der Waals surface area (Å²) in [6.45, 7) is 3.81. The lowest BCUT2D eigenvalue weighted by Gasteiger charge is -2.05. The van der Waals surface area contributed by atoms with Gasteiger partial charge in [-0.05, 0) is 13.8 Å². The molecule has 1 amide bonds. The highest BCUT2D eigenvalue weighted by molar-refractivity contribution is 7.15. The number of thiazole rings is 1. The molecule has 0 spiro atoms. The van der Waals surface area contributed by atoms with Crippen LogP contribution in [-0.2, 0) is 11.2 Å². The van der Waals surface area contributed by atoms with Crippen molar-refractivity contribution in [3.8, 4) is 11.6 Å². The fourth-order valence-corrected chi connectivity index (χ4v) is 2.65. The molecule has 0 aliphatic rings. The smallest absolute Gasteiger partial charge is 0.275 e. The number of rotatable bonds is 4. The van der Waals surface area contributed by atoms with Crippen molar-refractivity contribution >= 4 is 22.1 Å². The van der Waals surface area contributed by atoms with Crippen LogP contribution >= 0.6 is 11.3 Å². The van der Waals surface area contributed by atoms with Gasteiger partial charge in [-0.3, -0.25) is 9.20 Å². The number of fused-ring (bicyclic) bond motifs is 1. The number of amides is 1. The van der Waals surface area contributed by atoms with Crippen LogP contribution in [0.5, 0.6) is 0 Å². The zero-order valence-corrected chi connectivity index (χ0v) is 11.8. The van der Waals surface area contributed by atoms with Gasteiger partial charge in [0.15, 0.2) is 5.82 Å². The molecule has 0 fully saturated rings. The highest BCUT2D eigenvalue weighted by Crippen LogP contribution is 2.24. The van der Waals surface area contributed by atoms with E-state index in [1.807, 2.05) is 23.6 Å². The van der Waals surface area contributed by atoms with Crippen molar-refractivity contribution in [1.29, 1.82) is 0 Å². The van der Waals surface area contributed by atoms with Gasteiger partial charge >= 0.3 is 0 Å². The van der Waals surface area contributed by atoms with Crippen LogP contribution in [0.4, 0.5) is 0 Å². The third-order valence-corrected chi connectivity index (χ3v) is 3.50. The predicted octanol–water partition coefficient (Wildman–Crippen LogP) is 1.51. The number of aromatic nitrogens is 4. The van der Waals surface area contributed by atoms with Gasteiger partial charge in [-0.25, -0.2) is 4.98 Å². The monoisotopic (exact) mass is 291 g/mol. The number of carbonyl (C=O) groups is 1. The molecule has 104 valence electrons. The van der Waals surface area contributed by atoms with Gasteiger partial charge < -0.3 is 9.84 Å². The molecule has 0 bridgehead atoms. The molecule has 0 unspecified atom stereocenters. The average molecular weight is 291 g/mol. The van der Waals surface area contributed by atoms with Crippen LogP contribution in [-0.4, -0.2) is 31.5 Å². The van der Waals surface area contributed by atoms with E-state index in [1.165, 1.54) is 0 Å². The first-order valence-electron chi connectivity index (χ1n) is 6.15. The molecule has 8 heteroatoms. The Labute approximate surface area is 118 Å². The summed E-state index contributed by atoms with van der Waals surface area (Å²) in [5.41, 5.74) is 0.783. The topological polar surface area (TPSA) is 85.3 Å². The first kappa shape index (κ1) is 12.8. The Morgan fingerprint density at radius 1 is 1.55 bits per heavy atom. The summed E-state index contributed by atoms with van der Waals surface area (Å²) in [4.78, 5) is 20.9. The lowest BCUT2D eigenvalue weighted by molar-refractivity contribution is -0.121. The van der Waals surface area contributed by atoms with Crippen molar-refractivity contribution in [2.24, 2.45) is 0 Å². The summed E-state index contributed by atoms with van der Waals surface area (Å²) >= 11 is 1.54. The van der Waals surface area contributed by atoms with E-state index in [1.54, 1.807) is 23.9 Å². The summed E-state index contributed by atoms with van der Waals surface area (Å²) in [5.74, 6) is 0.643. The van der Waals surface area contributed by atoms with Crippen LogP contribution in [0.2, 0.25) is 0 Å². The lowest BCUT2D eigenvalue weighted by Crippen LogP contribution is -2.31. The van der Waals surface area contributed by atoms with E-state index in [4.69, 9.17) is 4.52 Å². The largest absolute Gasteiger partial charge is 0.354 e. The number of carbonyl (C=O) groups excluding carboxylic acids is 1. The molecule has 0 saturated carbocycles. The van der Waals surface area contributed by atoms with Gasteiger partial charge in [0.05, 0.1) is 12.6 Å². The normalized spacial score (nSPS) is 11.3. The standard InChI is InChI=1S/C12H13N5O2S/c1-7(2)14-10(18)3-9-15-12(19-16-9)8-5-20-11-4-13-6-17(8)11/h4-7H,3H2,1-2H3,(H,14,18). The second-order valence-electron chi connectivity index (χ2n) is 4.64.